The van der Waals surface area contributed by atoms with E-state index >= 15 is 0 Å². The molecule has 7 heteroatoms. The minimum absolute atomic E-state index is 0.201. The van der Waals surface area contributed by atoms with Crippen LogP contribution in [0.3, 0.4) is 0 Å². The van der Waals surface area contributed by atoms with Gasteiger partial charge in [0.2, 0.25) is 0 Å². The lowest BCUT2D eigenvalue weighted by molar-refractivity contribution is 0.102. The first-order chi connectivity index (χ1) is 12.7. The predicted molar refractivity (Wildman–Crippen MR) is 106 cm³/mol. The van der Waals surface area contributed by atoms with E-state index in [1.165, 1.54) is 16.2 Å². The van der Waals surface area contributed by atoms with Crippen LogP contribution in [-0.4, -0.2) is 20.7 Å². The second kappa shape index (κ2) is 7.23. The van der Waals surface area contributed by atoms with Crippen molar-refractivity contribution in [3.8, 4) is 10.6 Å². The Morgan fingerprint density at radius 1 is 1.19 bits per heavy atom. The Kier molecular flexibility index (Phi) is 4.64. The standard InChI is InChI=1S/C19H16N4OS2/c1-13-7-8-17(26-13)16-12-25-19(21-16)22-18(24)15-9-20-23(11-15)10-14-5-3-2-4-6-14/h2-9,11-12H,10H2,1H3,(H,21,22,24). The Bertz CT molecular complexity index is 1030. The van der Waals surface area contributed by atoms with Gasteiger partial charge in [0.05, 0.1) is 28.9 Å². The minimum Gasteiger partial charge on any atom is -0.298 e. The number of aromatic nitrogens is 3. The number of nitrogens with zero attached hydrogens (tertiary/aromatic N) is 3. The summed E-state index contributed by atoms with van der Waals surface area (Å²) < 4.78 is 1.76. The van der Waals surface area contributed by atoms with Crippen molar-refractivity contribution in [3.05, 3.63) is 76.2 Å². The van der Waals surface area contributed by atoms with Crippen LogP contribution < -0.4 is 5.32 Å². The first-order valence-corrected chi connectivity index (χ1v) is 9.77. The first-order valence-electron chi connectivity index (χ1n) is 8.07. The van der Waals surface area contributed by atoms with Crippen molar-refractivity contribution in [2.45, 2.75) is 13.5 Å². The molecule has 0 atom stereocenters. The molecule has 0 saturated carbocycles. The molecule has 3 heterocycles. The van der Waals surface area contributed by atoms with Gasteiger partial charge in [-0.05, 0) is 24.6 Å². The highest BCUT2D eigenvalue weighted by Crippen LogP contribution is 2.30. The highest BCUT2D eigenvalue weighted by atomic mass is 32.1. The van der Waals surface area contributed by atoms with E-state index in [4.69, 9.17) is 0 Å². The number of carbonyl (C=O) groups is 1. The summed E-state index contributed by atoms with van der Waals surface area (Å²) in [6.07, 6.45) is 3.33. The number of aryl methyl sites for hydroxylation is 1. The maximum Gasteiger partial charge on any atom is 0.260 e. The Labute approximate surface area is 159 Å². The molecule has 0 fully saturated rings. The van der Waals surface area contributed by atoms with Crippen molar-refractivity contribution in [1.82, 2.24) is 14.8 Å². The van der Waals surface area contributed by atoms with Crippen LogP contribution in [0.4, 0.5) is 5.13 Å². The van der Waals surface area contributed by atoms with Gasteiger partial charge in [-0.25, -0.2) is 4.98 Å². The topological polar surface area (TPSA) is 59.8 Å². The summed E-state index contributed by atoms with van der Waals surface area (Å²) in [6.45, 7) is 2.70. The first kappa shape index (κ1) is 16.7. The van der Waals surface area contributed by atoms with Crippen molar-refractivity contribution >= 4 is 33.7 Å². The van der Waals surface area contributed by atoms with Crippen LogP contribution in [0.5, 0.6) is 0 Å². The summed E-state index contributed by atoms with van der Waals surface area (Å²) in [7, 11) is 0. The van der Waals surface area contributed by atoms with Crippen molar-refractivity contribution in [2.75, 3.05) is 5.32 Å². The highest BCUT2D eigenvalue weighted by Gasteiger charge is 2.13. The van der Waals surface area contributed by atoms with Crippen LogP contribution in [0.15, 0.2) is 60.2 Å². The van der Waals surface area contributed by atoms with Gasteiger partial charge in [0.25, 0.3) is 5.91 Å². The van der Waals surface area contributed by atoms with Crippen LogP contribution in [0.25, 0.3) is 10.6 Å². The number of benzene rings is 1. The zero-order chi connectivity index (χ0) is 17.9. The summed E-state index contributed by atoms with van der Waals surface area (Å²) in [6, 6.07) is 14.1. The van der Waals surface area contributed by atoms with Crippen LogP contribution in [0, 0.1) is 6.92 Å². The molecular formula is C19H16N4OS2. The van der Waals surface area contributed by atoms with Crippen molar-refractivity contribution < 1.29 is 4.79 Å². The van der Waals surface area contributed by atoms with Gasteiger partial charge in [-0.15, -0.1) is 22.7 Å². The van der Waals surface area contributed by atoms with Crippen molar-refractivity contribution in [2.24, 2.45) is 0 Å². The van der Waals surface area contributed by atoms with Gasteiger partial charge in [-0.3, -0.25) is 14.8 Å². The van der Waals surface area contributed by atoms with E-state index in [-0.39, 0.29) is 5.91 Å². The van der Waals surface area contributed by atoms with Crippen LogP contribution in [0.1, 0.15) is 20.8 Å². The smallest absolute Gasteiger partial charge is 0.260 e. The molecule has 4 rings (SSSR count). The molecule has 0 spiro atoms. The number of thiophene rings is 1. The fourth-order valence-corrected chi connectivity index (χ4v) is 4.13. The monoisotopic (exact) mass is 380 g/mol. The second-order valence-corrected chi connectivity index (χ2v) is 7.96. The molecule has 1 N–H and O–H groups in total. The third kappa shape index (κ3) is 3.74. The average Bonchev–Trinajstić information content (AvgIpc) is 3.37. The fourth-order valence-electron chi connectivity index (χ4n) is 2.52. The van der Waals surface area contributed by atoms with Gasteiger partial charge < -0.3 is 0 Å². The maximum atomic E-state index is 12.4. The van der Waals surface area contributed by atoms with Crippen LogP contribution in [0.2, 0.25) is 0 Å². The molecule has 1 amide bonds. The summed E-state index contributed by atoms with van der Waals surface area (Å²) in [5.41, 5.74) is 2.55. The van der Waals surface area contributed by atoms with Gasteiger partial charge in [0.1, 0.15) is 0 Å². The number of rotatable bonds is 5. The average molecular weight is 380 g/mol. The lowest BCUT2D eigenvalue weighted by Crippen LogP contribution is -2.11. The van der Waals surface area contributed by atoms with Crippen molar-refractivity contribution in [1.29, 1.82) is 0 Å². The highest BCUT2D eigenvalue weighted by molar-refractivity contribution is 7.17. The maximum absolute atomic E-state index is 12.4. The van der Waals surface area contributed by atoms with Crippen molar-refractivity contribution in [3.63, 3.8) is 0 Å². The number of nitrogens with one attached hydrogen (secondary N) is 1. The van der Waals surface area contributed by atoms with E-state index in [9.17, 15) is 4.79 Å². The molecule has 0 bridgehead atoms. The van der Waals surface area contributed by atoms with Gasteiger partial charge in [-0.1, -0.05) is 30.3 Å². The summed E-state index contributed by atoms with van der Waals surface area (Å²) in [5.74, 6) is -0.201. The minimum atomic E-state index is -0.201. The number of hydrogen-bond acceptors (Lipinski definition) is 5. The lowest BCUT2D eigenvalue weighted by atomic mass is 10.2. The zero-order valence-electron chi connectivity index (χ0n) is 14.0. The zero-order valence-corrected chi connectivity index (χ0v) is 15.7. The summed E-state index contributed by atoms with van der Waals surface area (Å²) >= 11 is 3.11. The fraction of sp³-hybridized carbons (Fsp3) is 0.105. The lowest BCUT2D eigenvalue weighted by Gasteiger charge is -2.01. The summed E-state index contributed by atoms with van der Waals surface area (Å²) in [5, 5.41) is 9.67. The Morgan fingerprint density at radius 2 is 2.04 bits per heavy atom. The van der Waals surface area contributed by atoms with Gasteiger partial charge in [-0.2, -0.15) is 5.10 Å². The predicted octanol–water partition coefficient (Wildman–Crippen LogP) is 4.68. The molecule has 0 aliphatic rings. The molecule has 26 heavy (non-hydrogen) atoms. The molecule has 0 unspecified atom stereocenters. The molecular weight excluding hydrogens is 364 g/mol. The van der Waals surface area contributed by atoms with E-state index < -0.39 is 0 Å². The quantitative estimate of drug-likeness (QED) is 0.547. The molecule has 1 aromatic carbocycles. The van der Waals surface area contributed by atoms with Gasteiger partial charge in [0, 0.05) is 16.5 Å². The van der Waals surface area contributed by atoms with Gasteiger partial charge in [0.15, 0.2) is 5.13 Å². The molecule has 130 valence electrons. The Hall–Kier alpha value is -2.77. The van der Waals surface area contributed by atoms with E-state index in [0.717, 1.165) is 16.1 Å². The normalized spacial score (nSPS) is 10.8. The van der Waals surface area contributed by atoms with Crippen LogP contribution in [-0.2, 0) is 6.54 Å². The largest absolute Gasteiger partial charge is 0.298 e. The molecule has 4 aromatic rings. The van der Waals surface area contributed by atoms with E-state index in [1.807, 2.05) is 41.8 Å². The Morgan fingerprint density at radius 3 is 2.81 bits per heavy atom. The molecule has 3 aromatic heterocycles. The molecule has 0 radical (unpaired) electrons. The molecule has 0 aliphatic heterocycles. The molecule has 5 nitrogen and oxygen atoms in total. The third-order valence-electron chi connectivity index (χ3n) is 3.80. The number of hydrogen-bond donors (Lipinski definition) is 1. The Balaban J connectivity index is 1.43. The SMILES string of the molecule is Cc1ccc(-c2csc(NC(=O)c3cnn(Cc4ccccc4)c3)n2)s1. The summed E-state index contributed by atoms with van der Waals surface area (Å²) in [4.78, 5) is 19.3. The number of amides is 1. The third-order valence-corrected chi connectivity index (χ3v) is 5.58. The molecule has 0 saturated heterocycles. The van der Waals surface area contributed by atoms with E-state index in [2.05, 4.69) is 28.4 Å². The number of thiazole rings is 1. The number of carbonyl (C=O) groups excluding carboxylic acids is 1. The second-order valence-electron chi connectivity index (χ2n) is 5.81. The van der Waals surface area contributed by atoms with E-state index in [1.54, 1.807) is 28.4 Å². The van der Waals surface area contributed by atoms with Crippen LogP contribution >= 0.6 is 22.7 Å². The van der Waals surface area contributed by atoms with Gasteiger partial charge >= 0.3 is 0 Å². The molecule has 0 aliphatic carbocycles. The van der Waals surface area contributed by atoms with E-state index in [0.29, 0.717) is 17.2 Å². The number of anilines is 1.